The van der Waals surface area contributed by atoms with E-state index in [4.69, 9.17) is 46.4 Å². The van der Waals surface area contributed by atoms with Gasteiger partial charge in [0.25, 0.3) is 0 Å². The first-order chi connectivity index (χ1) is 15.9. The zero-order valence-electron chi connectivity index (χ0n) is 17.7. The lowest BCUT2D eigenvalue weighted by molar-refractivity contribution is 0.0863. The van der Waals surface area contributed by atoms with Crippen LogP contribution in [0.5, 0.6) is 0 Å². The maximum Gasteiger partial charge on any atom is 0.224 e. The van der Waals surface area contributed by atoms with Crippen molar-refractivity contribution in [3.8, 4) is 0 Å². The molecule has 0 amide bonds. The SMILES string of the molecule is CC1(c2cc(Cl)nc(Cl)n2)C(c2ccccc2)C(C2=CCCC=C2)C1c1cc(Cl)nc(Cl)n1. The molecule has 2 aromatic heterocycles. The summed E-state index contributed by atoms with van der Waals surface area (Å²) >= 11 is 25.2. The van der Waals surface area contributed by atoms with E-state index in [1.54, 1.807) is 12.1 Å². The lowest BCUT2D eigenvalue weighted by Gasteiger charge is -2.60. The van der Waals surface area contributed by atoms with Crippen LogP contribution in [0, 0.1) is 5.92 Å². The highest BCUT2D eigenvalue weighted by Crippen LogP contribution is 2.68. The molecule has 4 atom stereocenters. The van der Waals surface area contributed by atoms with Gasteiger partial charge in [-0.2, -0.15) is 0 Å². The Bertz CT molecular complexity index is 1220. The number of benzene rings is 1. The summed E-state index contributed by atoms with van der Waals surface area (Å²) in [4.78, 5) is 17.4. The van der Waals surface area contributed by atoms with Crippen molar-refractivity contribution in [1.82, 2.24) is 19.9 Å². The van der Waals surface area contributed by atoms with Crippen LogP contribution < -0.4 is 0 Å². The minimum atomic E-state index is -0.505. The van der Waals surface area contributed by atoms with E-state index in [1.807, 2.05) is 6.07 Å². The molecule has 2 aliphatic carbocycles. The van der Waals surface area contributed by atoms with Crippen molar-refractivity contribution in [1.29, 1.82) is 0 Å². The number of nitrogens with zero attached hydrogens (tertiary/aromatic N) is 4. The summed E-state index contributed by atoms with van der Waals surface area (Å²) in [5, 5.41) is 0.842. The van der Waals surface area contributed by atoms with Gasteiger partial charge < -0.3 is 0 Å². The molecule has 0 aliphatic heterocycles. The smallest absolute Gasteiger partial charge is 0.223 e. The van der Waals surface area contributed by atoms with Gasteiger partial charge in [0.1, 0.15) is 10.3 Å². The molecule has 4 unspecified atom stereocenters. The van der Waals surface area contributed by atoms with Crippen molar-refractivity contribution in [2.75, 3.05) is 0 Å². The maximum absolute atomic E-state index is 6.33. The molecule has 2 heterocycles. The first-order valence-electron chi connectivity index (χ1n) is 10.7. The van der Waals surface area contributed by atoms with Crippen LogP contribution in [-0.4, -0.2) is 19.9 Å². The second kappa shape index (κ2) is 8.99. The molecule has 168 valence electrons. The highest BCUT2D eigenvalue weighted by atomic mass is 35.5. The molecular weight excluding hydrogens is 498 g/mol. The molecule has 1 fully saturated rings. The minimum absolute atomic E-state index is 0.0864. The molecule has 0 N–H and O–H groups in total. The Morgan fingerprint density at radius 1 is 0.818 bits per heavy atom. The molecule has 5 rings (SSSR count). The molecular formula is C25H20Cl4N4. The third-order valence-corrected chi connectivity index (χ3v) is 7.53. The van der Waals surface area contributed by atoms with Crippen LogP contribution in [0.4, 0.5) is 0 Å². The normalized spacial score (nSPS) is 26.6. The second-order valence-electron chi connectivity index (χ2n) is 8.59. The molecule has 0 spiro atoms. The summed E-state index contributed by atoms with van der Waals surface area (Å²) in [6.45, 7) is 2.18. The fraction of sp³-hybridized carbons (Fsp3) is 0.280. The highest BCUT2D eigenvalue weighted by Gasteiger charge is 2.63. The number of halogens is 4. The number of aromatic nitrogens is 4. The Morgan fingerprint density at radius 3 is 2.15 bits per heavy atom. The number of hydrogen-bond donors (Lipinski definition) is 0. The predicted molar refractivity (Wildman–Crippen MR) is 133 cm³/mol. The quantitative estimate of drug-likeness (QED) is 0.264. The summed E-state index contributed by atoms with van der Waals surface area (Å²) in [5.74, 6) is 0.132. The van der Waals surface area contributed by atoms with Crippen molar-refractivity contribution in [3.05, 3.63) is 104 Å². The fourth-order valence-electron chi connectivity index (χ4n) is 5.53. The zero-order chi connectivity index (χ0) is 23.2. The third-order valence-electron chi connectivity index (χ3n) is 6.80. The second-order valence-corrected chi connectivity index (χ2v) is 10.0. The minimum Gasteiger partial charge on any atom is -0.223 e. The van der Waals surface area contributed by atoms with Gasteiger partial charge in [0, 0.05) is 23.2 Å². The average Bonchev–Trinajstić information content (AvgIpc) is 2.77. The van der Waals surface area contributed by atoms with Gasteiger partial charge in [-0.05, 0) is 59.3 Å². The number of rotatable bonds is 4. The molecule has 1 saturated carbocycles. The van der Waals surface area contributed by atoms with Gasteiger partial charge in [0.05, 0.1) is 11.4 Å². The van der Waals surface area contributed by atoms with Gasteiger partial charge in [-0.1, -0.05) is 78.7 Å². The van der Waals surface area contributed by atoms with Gasteiger partial charge >= 0.3 is 0 Å². The first kappa shape index (κ1) is 22.8. The Hall–Kier alpha value is -1.98. The van der Waals surface area contributed by atoms with Gasteiger partial charge in [-0.25, -0.2) is 19.9 Å². The van der Waals surface area contributed by atoms with E-state index in [2.05, 4.69) is 69.4 Å². The lowest BCUT2D eigenvalue weighted by atomic mass is 9.42. The summed E-state index contributed by atoms with van der Waals surface area (Å²) in [6, 6.07) is 14.0. The van der Waals surface area contributed by atoms with Crippen molar-refractivity contribution in [2.24, 2.45) is 5.92 Å². The standard InChI is InChI=1S/C25H20Cl4N4/c1-25(17-13-19(27)33-24(29)31-17)21(15-10-6-3-7-11-15)20(14-8-4-2-5-9-14)22(25)16-12-18(26)32-23(28)30-16/h3-4,6-13,20-22H,2,5H2,1H3. The van der Waals surface area contributed by atoms with Crippen LogP contribution in [0.25, 0.3) is 0 Å². The lowest BCUT2D eigenvalue weighted by Crippen LogP contribution is -2.56. The predicted octanol–water partition coefficient (Wildman–Crippen LogP) is 7.61. The van der Waals surface area contributed by atoms with E-state index in [-0.39, 0.29) is 28.3 Å². The van der Waals surface area contributed by atoms with Crippen LogP contribution in [0.15, 0.2) is 66.3 Å². The van der Waals surface area contributed by atoms with Crippen LogP contribution in [0.3, 0.4) is 0 Å². The topological polar surface area (TPSA) is 51.6 Å². The summed E-state index contributed by atoms with van der Waals surface area (Å²) < 4.78 is 0. The van der Waals surface area contributed by atoms with Crippen LogP contribution >= 0.6 is 46.4 Å². The summed E-state index contributed by atoms with van der Waals surface area (Å²) in [7, 11) is 0. The van der Waals surface area contributed by atoms with E-state index >= 15 is 0 Å². The Labute approximate surface area is 212 Å². The Kier molecular flexibility index (Phi) is 6.21. The van der Waals surface area contributed by atoms with Crippen molar-refractivity contribution in [2.45, 2.75) is 37.0 Å². The molecule has 8 heteroatoms. The molecule has 0 radical (unpaired) electrons. The Balaban J connectivity index is 1.76. The monoisotopic (exact) mass is 516 g/mol. The van der Waals surface area contributed by atoms with Crippen LogP contribution in [0.1, 0.15) is 48.6 Å². The molecule has 1 aromatic carbocycles. The van der Waals surface area contributed by atoms with Gasteiger partial charge in [-0.15, -0.1) is 0 Å². The molecule has 3 aromatic rings. The first-order valence-corrected chi connectivity index (χ1v) is 12.2. The third kappa shape index (κ3) is 4.08. The molecule has 4 nitrogen and oxygen atoms in total. The van der Waals surface area contributed by atoms with Crippen molar-refractivity contribution >= 4 is 46.4 Å². The maximum atomic E-state index is 6.33. The highest BCUT2D eigenvalue weighted by molar-refractivity contribution is 6.32. The van der Waals surface area contributed by atoms with E-state index in [0.29, 0.717) is 10.3 Å². The zero-order valence-corrected chi connectivity index (χ0v) is 20.7. The van der Waals surface area contributed by atoms with Crippen LogP contribution in [0.2, 0.25) is 20.9 Å². The van der Waals surface area contributed by atoms with Gasteiger partial charge in [-0.3, -0.25) is 0 Å². The fourth-order valence-corrected chi connectivity index (χ4v) is 6.37. The molecule has 33 heavy (non-hydrogen) atoms. The molecule has 0 saturated heterocycles. The Morgan fingerprint density at radius 2 is 1.52 bits per heavy atom. The van der Waals surface area contributed by atoms with E-state index in [1.165, 1.54) is 11.1 Å². The summed E-state index contributed by atoms with van der Waals surface area (Å²) in [6.07, 6.45) is 8.81. The van der Waals surface area contributed by atoms with E-state index < -0.39 is 5.41 Å². The van der Waals surface area contributed by atoms with Crippen molar-refractivity contribution < 1.29 is 0 Å². The van der Waals surface area contributed by atoms with Crippen LogP contribution in [-0.2, 0) is 5.41 Å². The van der Waals surface area contributed by atoms with Gasteiger partial charge in [0.15, 0.2) is 0 Å². The molecule has 0 bridgehead atoms. The molecule has 2 aliphatic rings. The largest absolute Gasteiger partial charge is 0.224 e. The number of hydrogen-bond acceptors (Lipinski definition) is 4. The van der Waals surface area contributed by atoms with E-state index in [9.17, 15) is 0 Å². The van der Waals surface area contributed by atoms with E-state index in [0.717, 1.165) is 24.2 Å². The average molecular weight is 518 g/mol. The number of allylic oxidation sites excluding steroid dienone is 4. The van der Waals surface area contributed by atoms with Crippen molar-refractivity contribution in [3.63, 3.8) is 0 Å². The van der Waals surface area contributed by atoms with Gasteiger partial charge in [0.2, 0.25) is 10.6 Å². The summed E-state index contributed by atoms with van der Waals surface area (Å²) in [5.41, 5.74) is 3.50.